The van der Waals surface area contributed by atoms with Gasteiger partial charge in [0.1, 0.15) is 5.78 Å². The molecule has 1 heterocycles. The molecule has 2 atom stereocenters. The molecule has 1 fully saturated rings. The highest BCUT2D eigenvalue weighted by atomic mass is 16.7. The molecule has 1 rings (SSSR count). The van der Waals surface area contributed by atoms with Gasteiger partial charge in [-0.15, -0.1) is 0 Å². The molecule has 0 aliphatic carbocycles. The summed E-state index contributed by atoms with van der Waals surface area (Å²) in [6.07, 6.45) is 11.0. The van der Waals surface area contributed by atoms with Crippen molar-refractivity contribution in [2.45, 2.75) is 100 Å². The van der Waals surface area contributed by atoms with Crippen LogP contribution < -0.4 is 5.73 Å². The zero-order chi connectivity index (χ0) is 25.5. The van der Waals surface area contributed by atoms with Crippen molar-refractivity contribution in [2.24, 2.45) is 28.9 Å². The zero-order valence-corrected chi connectivity index (χ0v) is 23.0. The summed E-state index contributed by atoms with van der Waals surface area (Å²) < 4.78 is 11.1. The fraction of sp³-hybridized carbons (Fsp3) is 0.750. The minimum Gasteiger partial charge on any atom is -0.348 e. The Hall–Kier alpha value is -1.23. The second-order valence-corrected chi connectivity index (χ2v) is 10.5. The highest BCUT2D eigenvalue weighted by Gasteiger charge is 2.33. The van der Waals surface area contributed by atoms with Gasteiger partial charge in [-0.25, -0.2) is 0 Å². The number of nitrogens with two attached hydrogens (primary N) is 1. The number of ketones is 1. The Bertz CT molecular complexity index is 580. The molecule has 0 aromatic rings. The molecule has 0 amide bonds. The van der Waals surface area contributed by atoms with Crippen LogP contribution in [0.2, 0.25) is 0 Å². The first-order valence-electron chi connectivity index (χ1n) is 12.1. The van der Waals surface area contributed by atoms with Crippen LogP contribution in [0.1, 0.15) is 88.5 Å². The highest BCUT2D eigenvalue weighted by Crippen LogP contribution is 2.28. The maximum Gasteiger partial charge on any atom is 0.163 e. The second-order valence-electron chi connectivity index (χ2n) is 10.5. The Balaban J connectivity index is 0. The summed E-state index contributed by atoms with van der Waals surface area (Å²) in [5, 5.41) is 0. The third-order valence-electron chi connectivity index (χ3n) is 5.27. The van der Waals surface area contributed by atoms with Crippen molar-refractivity contribution < 1.29 is 14.3 Å². The van der Waals surface area contributed by atoms with Gasteiger partial charge in [0, 0.05) is 11.8 Å². The highest BCUT2D eigenvalue weighted by molar-refractivity contribution is 5.83. The molecule has 0 saturated carbocycles. The minimum atomic E-state index is -0.477. The first kappa shape index (κ1) is 32.9. The van der Waals surface area contributed by atoms with Crippen LogP contribution in [0, 0.1) is 23.2 Å². The number of hydrogen-bond donors (Lipinski definition) is 1. The predicted molar refractivity (Wildman–Crippen MR) is 140 cm³/mol. The predicted octanol–water partition coefficient (Wildman–Crippen LogP) is 7.10. The standard InChI is InChI=1S/C15H26.C12H22O3.CH5N/c1-7-9-10-14(8-2)15(13(5)6)11-12(3)4;1-11(2,3)10(13)7-6-9-8-14-12(4,5)15-9;1-2/h7-10,12-13,15H,2,11H2,1,3-6H3;9H,6-8H2,1-5H3;2H2,1H3/b9-7-,14-10+;;. The molecule has 0 aromatic heterocycles. The fourth-order valence-electron chi connectivity index (χ4n) is 3.42. The molecular weight excluding hydrogens is 398 g/mol. The Morgan fingerprint density at radius 2 is 1.75 bits per heavy atom. The fourth-order valence-corrected chi connectivity index (χ4v) is 3.42. The van der Waals surface area contributed by atoms with Crippen LogP contribution in [-0.4, -0.2) is 31.3 Å². The summed E-state index contributed by atoms with van der Waals surface area (Å²) in [6, 6.07) is 0. The molecule has 1 aliphatic rings. The quantitative estimate of drug-likeness (QED) is 0.380. The first-order valence-corrected chi connectivity index (χ1v) is 12.1. The van der Waals surface area contributed by atoms with Gasteiger partial charge >= 0.3 is 0 Å². The Morgan fingerprint density at radius 1 is 1.19 bits per heavy atom. The van der Waals surface area contributed by atoms with E-state index in [1.165, 1.54) is 19.0 Å². The lowest BCUT2D eigenvalue weighted by Crippen LogP contribution is -2.24. The number of carbonyl (C=O) groups excluding carboxylic acids is 1. The largest absolute Gasteiger partial charge is 0.348 e. The van der Waals surface area contributed by atoms with Gasteiger partial charge in [0.25, 0.3) is 0 Å². The number of carbonyl (C=O) groups is 1. The number of ether oxygens (including phenoxy) is 2. The van der Waals surface area contributed by atoms with Crippen LogP contribution in [0.5, 0.6) is 0 Å². The van der Waals surface area contributed by atoms with Crippen molar-refractivity contribution in [3.05, 3.63) is 36.5 Å². The van der Waals surface area contributed by atoms with Crippen LogP contribution in [0.25, 0.3) is 0 Å². The molecule has 2 N–H and O–H groups in total. The lowest BCUT2D eigenvalue weighted by molar-refractivity contribution is -0.141. The smallest absolute Gasteiger partial charge is 0.163 e. The summed E-state index contributed by atoms with van der Waals surface area (Å²) in [6.45, 7) is 25.4. The van der Waals surface area contributed by atoms with E-state index in [9.17, 15) is 4.79 Å². The molecule has 0 bridgehead atoms. The Labute approximate surface area is 199 Å². The number of Topliss-reactive ketones (excluding diaryl/α,β-unsaturated/α-hetero) is 1. The molecule has 0 spiro atoms. The van der Waals surface area contributed by atoms with Gasteiger partial charge in [0.2, 0.25) is 0 Å². The minimum absolute atomic E-state index is 0.0753. The molecule has 0 radical (unpaired) electrons. The van der Waals surface area contributed by atoms with E-state index in [1.54, 1.807) is 0 Å². The van der Waals surface area contributed by atoms with Gasteiger partial charge in [0.05, 0.1) is 12.7 Å². The number of hydrogen-bond acceptors (Lipinski definition) is 4. The van der Waals surface area contributed by atoms with Crippen molar-refractivity contribution in [1.82, 2.24) is 0 Å². The van der Waals surface area contributed by atoms with Crippen LogP contribution in [0.3, 0.4) is 0 Å². The molecule has 32 heavy (non-hydrogen) atoms. The molecule has 1 saturated heterocycles. The lowest BCUT2D eigenvalue weighted by Gasteiger charge is -2.24. The van der Waals surface area contributed by atoms with Crippen molar-refractivity contribution in [1.29, 1.82) is 0 Å². The van der Waals surface area contributed by atoms with E-state index in [2.05, 4.69) is 58.2 Å². The average molecular weight is 452 g/mol. The van der Waals surface area contributed by atoms with Crippen molar-refractivity contribution >= 4 is 5.78 Å². The van der Waals surface area contributed by atoms with E-state index in [-0.39, 0.29) is 17.3 Å². The van der Waals surface area contributed by atoms with Gasteiger partial charge in [0.15, 0.2) is 5.79 Å². The van der Waals surface area contributed by atoms with E-state index in [0.29, 0.717) is 24.9 Å². The van der Waals surface area contributed by atoms with Gasteiger partial charge < -0.3 is 15.2 Å². The summed E-state index contributed by atoms with van der Waals surface area (Å²) in [7, 11) is 1.50. The Kier molecular flexibility index (Phi) is 16.9. The van der Waals surface area contributed by atoms with Gasteiger partial charge in [-0.2, -0.15) is 0 Å². The van der Waals surface area contributed by atoms with E-state index in [1.807, 2.05) is 47.6 Å². The topological polar surface area (TPSA) is 61.5 Å². The summed E-state index contributed by atoms with van der Waals surface area (Å²) in [5.74, 6) is 1.87. The molecule has 188 valence electrons. The van der Waals surface area contributed by atoms with Crippen LogP contribution in [0.15, 0.2) is 36.5 Å². The first-order chi connectivity index (χ1) is 14.7. The van der Waals surface area contributed by atoms with E-state index >= 15 is 0 Å². The zero-order valence-electron chi connectivity index (χ0n) is 23.0. The van der Waals surface area contributed by atoms with Crippen LogP contribution in [-0.2, 0) is 14.3 Å². The second kappa shape index (κ2) is 16.4. The lowest BCUT2D eigenvalue weighted by atomic mass is 9.81. The molecule has 0 aromatic carbocycles. The number of rotatable bonds is 9. The van der Waals surface area contributed by atoms with E-state index in [4.69, 9.17) is 9.47 Å². The molecular formula is C28H53NO3. The maximum absolute atomic E-state index is 11.7. The average Bonchev–Trinajstić information content (AvgIpc) is 3.05. The normalized spacial score (nSPS) is 19.3. The molecule has 1 aliphatic heterocycles. The number of allylic oxidation sites excluding steroid dienone is 5. The van der Waals surface area contributed by atoms with E-state index < -0.39 is 5.79 Å². The summed E-state index contributed by atoms with van der Waals surface area (Å²) in [4.78, 5) is 11.7. The Morgan fingerprint density at radius 3 is 2.09 bits per heavy atom. The van der Waals surface area contributed by atoms with Crippen molar-refractivity contribution in [2.75, 3.05) is 13.7 Å². The van der Waals surface area contributed by atoms with Gasteiger partial charge in [-0.3, -0.25) is 4.79 Å². The van der Waals surface area contributed by atoms with E-state index in [0.717, 1.165) is 12.3 Å². The monoisotopic (exact) mass is 451 g/mol. The third-order valence-corrected chi connectivity index (χ3v) is 5.27. The van der Waals surface area contributed by atoms with Gasteiger partial charge in [-0.1, -0.05) is 79.3 Å². The van der Waals surface area contributed by atoms with Crippen LogP contribution >= 0.6 is 0 Å². The molecule has 4 nitrogen and oxygen atoms in total. The maximum atomic E-state index is 11.7. The molecule has 4 heteroatoms. The third kappa shape index (κ3) is 14.8. The van der Waals surface area contributed by atoms with Gasteiger partial charge in [-0.05, 0) is 64.0 Å². The summed E-state index contributed by atoms with van der Waals surface area (Å²) >= 11 is 0. The van der Waals surface area contributed by atoms with Crippen molar-refractivity contribution in [3.63, 3.8) is 0 Å². The summed E-state index contributed by atoms with van der Waals surface area (Å²) in [5.41, 5.74) is 5.63. The SMILES string of the molecule is C=C/C(=C\C=C/C)C(CC(C)C)C(C)C.CC1(C)OCC(CCC(=O)C(C)(C)C)O1.CN. The van der Waals surface area contributed by atoms with Crippen LogP contribution in [0.4, 0.5) is 0 Å². The molecule has 2 unspecified atom stereocenters. The van der Waals surface area contributed by atoms with Crippen molar-refractivity contribution in [3.8, 4) is 0 Å².